The van der Waals surface area contributed by atoms with Crippen LogP contribution in [0.4, 0.5) is 0 Å². The largest absolute Gasteiger partial charge is 0.387 e. The van der Waals surface area contributed by atoms with Gasteiger partial charge in [-0.25, -0.2) is 0 Å². The van der Waals surface area contributed by atoms with Crippen LogP contribution in [0.15, 0.2) is 6.20 Å². The monoisotopic (exact) mass is 252 g/mol. The molecule has 4 heteroatoms. The van der Waals surface area contributed by atoms with Crippen molar-refractivity contribution in [2.45, 2.75) is 13.0 Å². The van der Waals surface area contributed by atoms with Gasteiger partial charge in [-0.1, -0.05) is 0 Å². The molecule has 10 heavy (non-hydrogen) atoms. The van der Waals surface area contributed by atoms with Crippen molar-refractivity contribution < 1.29 is 5.11 Å². The minimum Gasteiger partial charge on any atom is -0.387 e. The molecule has 0 bridgehead atoms. The van der Waals surface area contributed by atoms with E-state index >= 15 is 0 Å². The van der Waals surface area contributed by atoms with Gasteiger partial charge in [-0.3, -0.25) is 4.68 Å². The molecule has 1 aromatic heterocycles. The van der Waals surface area contributed by atoms with Crippen molar-refractivity contribution in [3.05, 3.63) is 15.5 Å². The Bertz CT molecular complexity index is 212. The average Bonchev–Trinajstić information content (AvgIpc) is 2.11. The third kappa shape index (κ3) is 1.32. The normalized spacial score (nSPS) is 13.6. The van der Waals surface area contributed by atoms with Gasteiger partial charge in [-0.05, 0) is 29.5 Å². The molecule has 0 amide bonds. The van der Waals surface area contributed by atoms with E-state index in [0.717, 1.165) is 9.26 Å². The van der Waals surface area contributed by atoms with Crippen LogP contribution in [0, 0.1) is 3.57 Å². The van der Waals surface area contributed by atoms with E-state index in [4.69, 9.17) is 0 Å². The van der Waals surface area contributed by atoms with Gasteiger partial charge >= 0.3 is 0 Å². The van der Waals surface area contributed by atoms with E-state index in [1.165, 1.54) is 0 Å². The Balaban J connectivity index is 3.10. The van der Waals surface area contributed by atoms with Crippen molar-refractivity contribution in [3.63, 3.8) is 0 Å². The van der Waals surface area contributed by atoms with Gasteiger partial charge in [0.15, 0.2) is 0 Å². The first-order valence-corrected chi connectivity index (χ1v) is 4.06. The minimum absolute atomic E-state index is 0.431. The summed E-state index contributed by atoms with van der Waals surface area (Å²) in [6.07, 6.45) is 1.31. The fourth-order valence-corrected chi connectivity index (χ4v) is 1.81. The Morgan fingerprint density at radius 1 is 1.80 bits per heavy atom. The summed E-state index contributed by atoms with van der Waals surface area (Å²) in [4.78, 5) is 0. The van der Waals surface area contributed by atoms with Crippen LogP contribution >= 0.6 is 22.6 Å². The Labute approximate surface area is 73.2 Å². The van der Waals surface area contributed by atoms with Gasteiger partial charge in [0.25, 0.3) is 0 Å². The molecule has 56 valence electrons. The molecule has 1 unspecified atom stereocenters. The van der Waals surface area contributed by atoms with Crippen LogP contribution in [-0.2, 0) is 7.05 Å². The number of aliphatic hydroxyl groups excluding tert-OH is 1. The lowest BCUT2D eigenvalue weighted by Gasteiger charge is -2.04. The summed E-state index contributed by atoms with van der Waals surface area (Å²) in [6.45, 7) is 1.74. The fourth-order valence-electron chi connectivity index (χ4n) is 0.890. The van der Waals surface area contributed by atoms with Gasteiger partial charge in [0.1, 0.15) is 0 Å². The summed E-state index contributed by atoms with van der Waals surface area (Å²) in [5.41, 5.74) is 0.876. The number of aromatic nitrogens is 2. The van der Waals surface area contributed by atoms with E-state index in [0.29, 0.717) is 0 Å². The van der Waals surface area contributed by atoms with Gasteiger partial charge in [0.2, 0.25) is 0 Å². The van der Waals surface area contributed by atoms with Crippen molar-refractivity contribution >= 4 is 22.6 Å². The standard InChI is InChI=1S/C6H9IN2O/c1-4(10)6-5(7)3-8-9(6)2/h3-4,10H,1-2H3. The zero-order chi connectivity index (χ0) is 7.72. The molecule has 1 atom stereocenters. The fraction of sp³-hybridized carbons (Fsp3) is 0.500. The third-order valence-corrected chi connectivity index (χ3v) is 2.16. The first-order valence-electron chi connectivity index (χ1n) is 2.98. The lowest BCUT2D eigenvalue weighted by Crippen LogP contribution is -2.02. The molecule has 0 aliphatic carbocycles. The summed E-state index contributed by atoms with van der Waals surface area (Å²) >= 11 is 2.15. The molecular formula is C6H9IN2O. The molecule has 0 saturated carbocycles. The van der Waals surface area contributed by atoms with Crippen molar-refractivity contribution in [1.29, 1.82) is 0 Å². The van der Waals surface area contributed by atoms with Crippen LogP contribution in [0.2, 0.25) is 0 Å². The molecule has 0 fully saturated rings. The molecule has 3 nitrogen and oxygen atoms in total. The lowest BCUT2D eigenvalue weighted by atomic mass is 10.3. The number of rotatable bonds is 1. The second kappa shape index (κ2) is 2.87. The van der Waals surface area contributed by atoms with E-state index in [9.17, 15) is 5.11 Å². The van der Waals surface area contributed by atoms with Crippen LogP contribution < -0.4 is 0 Å². The van der Waals surface area contributed by atoms with E-state index in [2.05, 4.69) is 27.7 Å². The van der Waals surface area contributed by atoms with Crippen molar-refractivity contribution in [2.24, 2.45) is 7.05 Å². The van der Waals surface area contributed by atoms with E-state index < -0.39 is 6.10 Å². The first-order chi connectivity index (χ1) is 4.63. The molecule has 1 rings (SSSR count). The zero-order valence-electron chi connectivity index (χ0n) is 5.87. The van der Waals surface area contributed by atoms with Crippen LogP contribution in [-0.4, -0.2) is 14.9 Å². The molecule has 1 N–H and O–H groups in total. The predicted octanol–water partition coefficient (Wildman–Crippen LogP) is 1.08. The zero-order valence-corrected chi connectivity index (χ0v) is 8.03. The Kier molecular flexibility index (Phi) is 2.30. The Morgan fingerprint density at radius 2 is 2.40 bits per heavy atom. The minimum atomic E-state index is -0.431. The van der Waals surface area contributed by atoms with Gasteiger partial charge in [-0.2, -0.15) is 5.10 Å². The summed E-state index contributed by atoms with van der Waals surface area (Å²) in [7, 11) is 1.82. The molecule has 0 aliphatic rings. The molecule has 0 aliphatic heterocycles. The van der Waals surface area contributed by atoms with Gasteiger partial charge in [-0.15, -0.1) is 0 Å². The van der Waals surface area contributed by atoms with Crippen molar-refractivity contribution in [1.82, 2.24) is 9.78 Å². The average molecular weight is 252 g/mol. The SMILES string of the molecule is CC(O)c1c(I)cnn1C. The van der Waals surface area contributed by atoms with Crippen LogP contribution in [0.3, 0.4) is 0 Å². The number of halogens is 1. The molecular weight excluding hydrogens is 243 g/mol. The summed E-state index contributed by atoms with van der Waals surface area (Å²) in [6, 6.07) is 0. The second-order valence-corrected chi connectivity index (χ2v) is 3.34. The number of hydrogen-bond acceptors (Lipinski definition) is 2. The quantitative estimate of drug-likeness (QED) is 0.759. The number of aliphatic hydroxyl groups is 1. The van der Waals surface area contributed by atoms with E-state index in [-0.39, 0.29) is 0 Å². The maximum absolute atomic E-state index is 9.21. The van der Waals surface area contributed by atoms with Crippen LogP contribution in [0.5, 0.6) is 0 Å². The molecule has 0 spiro atoms. The molecule has 1 aromatic rings. The molecule has 0 radical (unpaired) electrons. The number of nitrogens with zero attached hydrogens (tertiary/aromatic N) is 2. The van der Waals surface area contributed by atoms with Gasteiger partial charge < -0.3 is 5.11 Å². The number of aryl methyl sites for hydroxylation is 1. The first kappa shape index (κ1) is 8.00. The Morgan fingerprint density at radius 3 is 2.60 bits per heavy atom. The predicted molar refractivity (Wildman–Crippen MR) is 46.6 cm³/mol. The van der Waals surface area contributed by atoms with Crippen molar-refractivity contribution in [3.8, 4) is 0 Å². The maximum Gasteiger partial charge on any atom is 0.0939 e. The van der Waals surface area contributed by atoms with Gasteiger partial charge in [0.05, 0.1) is 21.6 Å². The molecule has 0 saturated heterocycles. The van der Waals surface area contributed by atoms with Crippen LogP contribution in [0.1, 0.15) is 18.7 Å². The molecule has 0 aromatic carbocycles. The summed E-state index contributed by atoms with van der Waals surface area (Å²) in [5, 5.41) is 13.2. The highest BCUT2D eigenvalue weighted by Crippen LogP contribution is 2.17. The molecule has 1 heterocycles. The highest BCUT2D eigenvalue weighted by Gasteiger charge is 2.09. The summed E-state index contributed by atoms with van der Waals surface area (Å²) < 4.78 is 2.70. The second-order valence-electron chi connectivity index (χ2n) is 2.18. The van der Waals surface area contributed by atoms with E-state index in [1.807, 2.05) is 7.05 Å². The topological polar surface area (TPSA) is 38.1 Å². The summed E-state index contributed by atoms with van der Waals surface area (Å²) in [5.74, 6) is 0. The lowest BCUT2D eigenvalue weighted by molar-refractivity contribution is 0.188. The highest BCUT2D eigenvalue weighted by molar-refractivity contribution is 14.1. The third-order valence-electron chi connectivity index (χ3n) is 1.33. The van der Waals surface area contributed by atoms with Crippen molar-refractivity contribution in [2.75, 3.05) is 0 Å². The number of hydrogen-bond donors (Lipinski definition) is 1. The smallest absolute Gasteiger partial charge is 0.0939 e. The van der Waals surface area contributed by atoms with E-state index in [1.54, 1.807) is 17.8 Å². The Hall–Kier alpha value is -0.100. The maximum atomic E-state index is 9.21. The van der Waals surface area contributed by atoms with Crippen LogP contribution in [0.25, 0.3) is 0 Å². The highest BCUT2D eigenvalue weighted by atomic mass is 127. The van der Waals surface area contributed by atoms with Gasteiger partial charge in [0, 0.05) is 7.05 Å².